The number of nitrogens with one attached hydrogen (secondary N) is 1. The Balaban J connectivity index is 1.44. The van der Waals surface area contributed by atoms with E-state index in [9.17, 15) is 22.8 Å². The van der Waals surface area contributed by atoms with Crippen molar-refractivity contribution in [2.24, 2.45) is 0 Å². The zero-order valence-electron chi connectivity index (χ0n) is 22.5. The van der Waals surface area contributed by atoms with E-state index < -0.39 is 23.6 Å². The molecule has 0 spiro atoms. The third-order valence-electron chi connectivity index (χ3n) is 6.61. The number of alkyl halides is 3. The summed E-state index contributed by atoms with van der Waals surface area (Å²) < 4.78 is 43.1. The van der Waals surface area contributed by atoms with Crippen molar-refractivity contribution >= 4 is 23.2 Å². The van der Waals surface area contributed by atoms with E-state index in [4.69, 9.17) is 5.11 Å². The first kappa shape index (κ1) is 29.3. The molecule has 7 nitrogen and oxygen atoms in total. The Kier molecular flexibility index (Phi) is 9.40. The number of aryl methyl sites for hydroxylation is 2. The first-order valence-electron chi connectivity index (χ1n) is 13.3. The number of carbonyl (C=O) groups is 2. The van der Waals surface area contributed by atoms with Crippen molar-refractivity contribution in [3.05, 3.63) is 94.4 Å². The van der Waals surface area contributed by atoms with Gasteiger partial charge in [0.05, 0.1) is 11.8 Å². The second kappa shape index (κ2) is 13.1. The van der Waals surface area contributed by atoms with Crippen LogP contribution in [-0.4, -0.2) is 31.6 Å². The Morgan fingerprint density at radius 3 is 2.56 bits per heavy atom. The fraction of sp³-hybridized carbons (Fsp3) is 0.290. The third kappa shape index (κ3) is 7.94. The van der Waals surface area contributed by atoms with Gasteiger partial charge in [-0.25, -0.2) is 9.50 Å². The summed E-state index contributed by atoms with van der Waals surface area (Å²) >= 11 is 0. The van der Waals surface area contributed by atoms with Gasteiger partial charge in [0.25, 0.3) is 5.91 Å². The number of fused-ring (bicyclic) bond motifs is 1. The summed E-state index contributed by atoms with van der Waals surface area (Å²) in [6.07, 6.45) is 2.32. The molecule has 2 N–H and O–H groups in total. The van der Waals surface area contributed by atoms with Crippen LogP contribution in [0.4, 0.5) is 18.9 Å². The van der Waals surface area contributed by atoms with Gasteiger partial charge in [-0.15, -0.1) is 0 Å². The zero-order chi connectivity index (χ0) is 29.4. The minimum absolute atomic E-state index is 0.0461. The summed E-state index contributed by atoms with van der Waals surface area (Å²) in [4.78, 5) is 27.8. The van der Waals surface area contributed by atoms with Crippen LogP contribution in [0.3, 0.4) is 0 Å². The van der Waals surface area contributed by atoms with E-state index in [0.29, 0.717) is 36.2 Å². The largest absolute Gasteiger partial charge is 0.481 e. The lowest BCUT2D eigenvalue weighted by molar-refractivity contribution is -0.138. The minimum atomic E-state index is -4.57. The molecule has 4 rings (SSSR count). The monoisotopic (exact) mass is 562 g/mol. The summed E-state index contributed by atoms with van der Waals surface area (Å²) in [5.74, 6) is 4.66. The Morgan fingerprint density at radius 2 is 1.78 bits per heavy atom. The van der Waals surface area contributed by atoms with Gasteiger partial charge in [-0.2, -0.15) is 18.3 Å². The number of anilines is 1. The standard InChI is InChI=1S/C31H29F3N4O3/c1-21-11-12-24(18-23(21)14-16-26-20-35-28-9-7-17-36-38(26)28)30(41)37-25-15-13-22(27(19-25)31(32,33)34)8-5-3-2-4-6-10-29(39)40/h7,9,11-13,15,17-20H,2-6,8,10H2,1H3,(H,37,41)(H,39,40). The zero-order valence-corrected chi connectivity index (χ0v) is 22.5. The molecule has 0 saturated carbocycles. The Bertz CT molecular complexity index is 1620. The van der Waals surface area contributed by atoms with Crippen molar-refractivity contribution < 1.29 is 27.9 Å². The minimum Gasteiger partial charge on any atom is -0.481 e. The van der Waals surface area contributed by atoms with Crippen LogP contribution in [0.15, 0.2) is 60.9 Å². The molecule has 0 fully saturated rings. The van der Waals surface area contributed by atoms with Gasteiger partial charge in [0.2, 0.25) is 0 Å². The molecule has 0 unspecified atom stereocenters. The molecule has 0 radical (unpaired) electrons. The maximum absolute atomic E-state index is 13.8. The van der Waals surface area contributed by atoms with Crippen LogP contribution in [0.25, 0.3) is 5.65 Å². The number of carboxylic acids is 1. The molecular formula is C31H29F3N4O3. The molecule has 2 aromatic carbocycles. The van der Waals surface area contributed by atoms with Gasteiger partial charge in [-0.1, -0.05) is 37.3 Å². The Labute approximate surface area is 235 Å². The number of aliphatic carboxylic acids is 1. The highest BCUT2D eigenvalue weighted by atomic mass is 19.4. The van der Waals surface area contributed by atoms with E-state index >= 15 is 0 Å². The molecule has 0 bridgehead atoms. The van der Waals surface area contributed by atoms with Crippen LogP contribution in [0.5, 0.6) is 0 Å². The van der Waals surface area contributed by atoms with Gasteiger partial charge in [0.15, 0.2) is 5.65 Å². The van der Waals surface area contributed by atoms with Gasteiger partial charge < -0.3 is 10.4 Å². The maximum Gasteiger partial charge on any atom is 0.416 e. The van der Waals surface area contributed by atoms with E-state index in [1.54, 1.807) is 47.2 Å². The van der Waals surface area contributed by atoms with Crippen molar-refractivity contribution in [3.8, 4) is 11.8 Å². The molecule has 2 aromatic heterocycles. The molecule has 4 aromatic rings. The first-order chi connectivity index (χ1) is 19.6. The van der Waals surface area contributed by atoms with Crippen molar-refractivity contribution in [2.45, 2.75) is 58.0 Å². The van der Waals surface area contributed by atoms with Crippen LogP contribution in [0.2, 0.25) is 0 Å². The number of amides is 1. The predicted molar refractivity (Wildman–Crippen MR) is 149 cm³/mol. The normalized spacial score (nSPS) is 11.2. The molecule has 2 heterocycles. The SMILES string of the molecule is Cc1ccc(C(=O)Nc2ccc(CCCCCCCC(=O)O)c(C(F)(F)F)c2)cc1C#Cc1cnc2cccnn12. The fourth-order valence-corrected chi connectivity index (χ4v) is 4.41. The molecule has 41 heavy (non-hydrogen) atoms. The predicted octanol–water partition coefficient (Wildman–Crippen LogP) is 6.68. The van der Waals surface area contributed by atoms with Gasteiger partial charge in [0, 0.05) is 29.4 Å². The number of unbranched alkanes of at least 4 members (excludes halogenated alkanes) is 4. The second-order valence-corrected chi connectivity index (χ2v) is 9.70. The van der Waals surface area contributed by atoms with Gasteiger partial charge in [-0.3, -0.25) is 9.59 Å². The maximum atomic E-state index is 13.8. The summed E-state index contributed by atoms with van der Waals surface area (Å²) in [7, 11) is 0. The van der Waals surface area contributed by atoms with E-state index in [2.05, 4.69) is 27.2 Å². The number of nitrogens with zero attached hydrogens (tertiary/aromatic N) is 3. The summed E-state index contributed by atoms with van der Waals surface area (Å²) in [5, 5.41) is 15.5. The molecule has 0 atom stereocenters. The van der Waals surface area contributed by atoms with Crippen molar-refractivity contribution in [3.63, 3.8) is 0 Å². The lowest BCUT2D eigenvalue weighted by atomic mass is 9.99. The van der Waals surface area contributed by atoms with Crippen LogP contribution in [0.1, 0.15) is 76.8 Å². The molecule has 0 aliphatic rings. The molecule has 0 aliphatic heterocycles. The second-order valence-electron chi connectivity index (χ2n) is 9.70. The molecule has 1 amide bonds. The highest BCUT2D eigenvalue weighted by Crippen LogP contribution is 2.35. The van der Waals surface area contributed by atoms with E-state index in [1.165, 1.54) is 12.1 Å². The highest BCUT2D eigenvalue weighted by molar-refractivity contribution is 6.04. The summed E-state index contributed by atoms with van der Waals surface area (Å²) in [5.41, 5.74) is 2.35. The number of aromatic nitrogens is 3. The quantitative estimate of drug-likeness (QED) is 0.166. The first-order valence-corrected chi connectivity index (χ1v) is 13.3. The molecule has 212 valence electrons. The number of hydrogen-bond donors (Lipinski definition) is 2. The number of benzene rings is 2. The van der Waals surface area contributed by atoms with Crippen LogP contribution >= 0.6 is 0 Å². The van der Waals surface area contributed by atoms with E-state index in [0.717, 1.165) is 24.5 Å². The molecular weight excluding hydrogens is 533 g/mol. The van der Waals surface area contributed by atoms with Crippen molar-refractivity contribution in [1.29, 1.82) is 0 Å². The number of carboxylic acid groups (broad SMARTS) is 1. The Hall–Kier alpha value is -4.65. The number of imidazole rings is 1. The lowest BCUT2D eigenvalue weighted by Gasteiger charge is -2.15. The van der Waals surface area contributed by atoms with Crippen LogP contribution in [0, 0.1) is 18.8 Å². The lowest BCUT2D eigenvalue weighted by Crippen LogP contribution is -2.15. The highest BCUT2D eigenvalue weighted by Gasteiger charge is 2.33. The number of halogens is 3. The summed E-state index contributed by atoms with van der Waals surface area (Å²) in [6, 6.07) is 12.3. The van der Waals surface area contributed by atoms with Gasteiger partial charge in [0.1, 0.15) is 5.69 Å². The average molecular weight is 563 g/mol. The van der Waals surface area contributed by atoms with Crippen molar-refractivity contribution in [1.82, 2.24) is 14.6 Å². The Morgan fingerprint density at radius 1 is 1.00 bits per heavy atom. The molecule has 0 aliphatic carbocycles. The van der Waals surface area contributed by atoms with E-state index in [1.807, 2.05) is 6.92 Å². The van der Waals surface area contributed by atoms with Crippen LogP contribution in [-0.2, 0) is 17.4 Å². The number of rotatable bonds is 10. The number of carbonyl (C=O) groups excluding carboxylic acids is 1. The molecule has 10 heteroatoms. The third-order valence-corrected chi connectivity index (χ3v) is 6.61. The number of hydrogen-bond acceptors (Lipinski definition) is 4. The van der Waals surface area contributed by atoms with Crippen molar-refractivity contribution in [2.75, 3.05) is 5.32 Å². The van der Waals surface area contributed by atoms with Gasteiger partial charge in [-0.05, 0) is 79.6 Å². The van der Waals surface area contributed by atoms with Crippen LogP contribution < -0.4 is 5.32 Å². The summed E-state index contributed by atoms with van der Waals surface area (Å²) in [6.45, 7) is 1.85. The van der Waals surface area contributed by atoms with E-state index in [-0.39, 0.29) is 29.7 Å². The topological polar surface area (TPSA) is 96.6 Å². The smallest absolute Gasteiger partial charge is 0.416 e. The average Bonchev–Trinajstić information content (AvgIpc) is 3.35. The molecule has 0 saturated heterocycles. The fourth-order valence-electron chi connectivity index (χ4n) is 4.41. The van der Waals surface area contributed by atoms with Gasteiger partial charge >= 0.3 is 12.1 Å².